The van der Waals surface area contributed by atoms with Gasteiger partial charge in [-0.25, -0.2) is 0 Å². The van der Waals surface area contributed by atoms with E-state index in [1.54, 1.807) is 0 Å². The number of aliphatic carboxylic acids is 2. The second kappa shape index (κ2) is 9.17. The molecule has 2 N–H and O–H groups in total. The molecule has 1 unspecified atom stereocenters. The average molecular weight is 272 g/mol. The molecule has 0 aromatic carbocycles. The molecule has 0 aromatic rings. The Morgan fingerprint density at radius 1 is 1.12 bits per heavy atom. The van der Waals surface area contributed by atoms with Crippen LogP contribution in [0.5, 0.6) is 0 Å². The van der Waals surface area contributed by atoms with Crippen LogP contribution in [0.1, 0.15) is 52.9 Å². The summed E-state index contributed by atoms with van der Waals surface area (Å²) in [6.45, 7) is 5.23. The SMILES string of the molecule is CCCCCC(CC)C(C)(C(=O)O)C(=O)O.[CaH2]. The average Bonchev–Trinajstić information content (AvgIpc) is 2.23. The molecule has 0 spiro atoms. The van der Waals surface area contributed by atoms with E-state index in [9.17, 15) is 9.59 Å². The van der Waals surface area contributed by atoms with Gasteiger partial charge in [-0.15, -0.1) is 0 Å². The molecule has 98 valence electrons. The molecule has 0 aliphatic rings. The number of carbonyl (C=O) groups is 2. The molecule has 0 aliphatic heterocycles. The van der Waals surface area contributed by atoms with Gasteiger partial charge in [-0.2, -0.15) is 0 Å². The summed E-state index contributed by atoms with van der Waals surface area (Å²) in [5.74, 6) is -2.76. The summed E-state index contributed by atoms with van der Waals surface area (Å²) >= 11 is 0. The van der Waals surface area contributed by atoms with Crippen LogP contribution in [0, 0.1) is 11.3 Å². The van der Waals surface area contributed by atoms with E-state index in [1.165, 1.54) is 6.92 Å². The van der Waals surface area contributed by atoms with E-state index in [-0.39, 0.29) is 43.7 Å². The fourth-order valence-electron chi connectivity index (χ4n) is 1.98. The molecule has 0 amide bonds. The molecular formula is C12H24CaO4. The molecule has 5 heteroatoms. The summed E-state index contributed by atoms with van der Waals surface area (Å²) in [4.78, 5) is 22.2. The Bertz CT molecular complexity index is 239. The number of hydrogen-bond donors (Lipinski definition) is 2. The first kappa shape index (κ1) is 19.5. The first-order valence-electron chi connectivity index (χ1n) is 5.87. The van der Waals surface area contributed by atoms with E-state index in [0.29, 0.717) is 12.8 Å². The maximum absolute atomic E-state index is 11.1. The number of rotatable bonds is 8. The van der Waals surface area contributed by atoms with Crippen LogP contribution >= 0.6 is 0 Å². The molecule has 0 saturated heterocycles. The molecule has 0 bridgehead atoms. The van der Waals surface area contributed by atoms with E-state index in [1.807, 2.05) is 6.92 Å². The van der Waals surface area contributed by atoms with Gasteiger partial charge in [0.1, 0.15) is 0 Å². The molecule has 0 radical (unpaired) electrons. The first-order valence-corrected chi connectivity index (χ1v) is 5.87. The zero-order valence-electron chi connectivity index (χ0n) is 10.3. The van der Waals surface area contributed by atoms with E-state index in [0.717, 1.165) is 19.3 Å². The van der Waals surface area contributed by atoms with Crippen LogP contribution in [0.15, 0.2) is 0 Å². The van der Waals surface area contributed by atoms with Crippen LogP contribution in [0.25, 0.3) is 0 Å². The number of carboxylic acid groups (broad SMARTS) is 2. The predicted octanol–water partition coefficient (Wildman–Crippen LogP) is 1.85. The fourth-order valence-corrected chi connectivity index (χ4v) is 1.98. The summed E-state index contributed by atoms with van der Waals surface area (Å²) in [6, 6.07) is 0. The molecule has 0 fully saturated rings. The van der Waals surface area contributed by atoms with Crippen molar-refractivity contribution in [2.75, 3.05) is 0 Å². The van der Waals surface area contributed by atoms with Crippen LogP contribution in [-0.2, 0) is 9.59 Å². The van der Waals surface area contributed by atoms with Crippen molar-refractivity contribution >= 4 is 49.7 Å². The number of hydrogen-bond acceptors (Lipinski definition) is 2. The van der Waals surface area contributed by atoms with Gasteiger partial charge in [0.2, 0.25) is 0 Å². The molecule has 0 heterocycles. The minimum absolute atomic E-state index is 0. The van der Waals surface area contributed by atoms with Gasteiger partial charge < -0.3 is 10.2 Å². The molecule has 1 atom stereocenters. The van der Waals surface area contributed by atoms with Crippen LogP contribution < -0.4 is 0 Å². The summed E-state index contributed by atoms with van der Waals surface area (Å²) in [5.41, 5.74) is -1.65. The third-order valence-electron chi connectivity index (χ3n) is 3.35. The zero-order valence-corrected chi connectivity index (χ0v) is 10.3. The minimum atomic E-state index is -1.65. The Labute approximate surface area is 133 Å². The Kier molecular flexibility index (Phi) is 10.5. The number of carboxylic acids is 2. The Morgan fingerprint density at radius 2 is 1.59 bits per heavy atom. The van der Waals surface area contributed by atoms with Crippen molar-refractivity contribution in [1.29, 1.82) is 0 Å². The third-order valence-corrected chi connectivity index (χ3v) is 3.35. The Morgan fingerprint density at radius 3 is 1.88 bits per heavy atom. The van der Waals surface area contributed by atoms with Gasteiger partial charge in [0.05, 0.1) is 0 Å². The van der Waals surface area contributed by atoms with E-state index in [4.69, 9.17) is 10.2 Å². The topological polar surface area (TPSA) is 74.6 Å². The standard InChI is InChI=1S/C12H22O4.Ca.2H/c1-4-6-7-8-9(5-2)12(3,10(13)14)11(15)16;;;/h9H,4-8H2,1-3H3,(H,13,14)(H,15,16);;;. The summed E-state index contributed by atoms with van der Waals surface area (Å²) in [5, 5.41) is 18.2. The van der Waals surface area contributed by atoms with Crippen molar-refractivity contribution in [3.63, 3.8) is 0 Å². The van der Waals surface area contributed by atoms with Crippen LogP contribution in [0.2, 0.25) is 0 Å². The van der Waals surface area contributed by atoms with Crippen molar-refractivity contribution in [2.24, 2.45) is 11.3 Å². The zero-order chi connectivity index (χ0) is 12.8. The van der Waals surface area contributed by atoms with Gasteiger partial charge in [-0.1, -0.05) is 39.5 Å². The summed E-state index contributed by atoms with van der Waals surface area (Å²) < 4.78 is 0. The van der Waals surface area contributed by atoms with E-state index >= 15 is 0 Å². The Balaban J connectivity index is 0. The second-order valence-electron chi connectivity index (χ2n) is 4.41. The normalized spacial score (nSPS) is 12.6. The third kappa shape index (κ3) is 5.14. The van der Waals surface area contributed by atoms with Crippen LogP contribution in [0.4, 0.5) is 0 Å². The second-order valence-corrected chi connectivity index (χ2v) is 4.41. The van der Waals surface area contributed by atoms with Gasteiger partial charge in [-0.3, -0.25) is 9.59 Å². The van der Waals surface area contributed by atoms with Crippen LogP contribution in [0.3, 0.4) is 0 Å². The van der Waals surface area contributed by atoms with Crippen molar-refractivity contribution in [2.45, 2.75) is 52.9 Å². The summed E-state index contributed by atoms with van der Waals surface area (Å²) in [6.07, 6.45) is 4.21. The molecule has 0 rings (SSSR count). The molecular weight excluding hydrogens is 248 g/mol. The predicted molar refractivity (Wildman–Crippen MR) is 69.8 cm³/mol. The molecule has 17 heavy (non-hydrogen) atoms. The van der Waals surface area contributed by atoms with Crippen molar-refractivity contribution in [3.05, 3.63) is 0 Å². The molecule has 0 saturated carbocycles. The molecule has 4 nitrogen and oxygen atoms in total. The first-order chi connectivity index (χ1) is 7.41. The summed E-state index contributed by atoms with van der Waals surface area (Å²) in [7, 11) is 0. The van der Waals surface area contributed by atoms with E-state index in [2.05, 4.69) is 6.92 Å². The van der Waals surface area contributed by atoms with Crippen LogP contribution in [-0.4, -0.2) is 59.9 Å². The Hall–Kier alpha value is 0.200. The van der Waals surface area contributed by atoms with Crippen molar-refractivity contribution < 1.29 is 19.8 Å². The maximum atomic E-state index is 11.1. The van der Waals surface area contributed by atoms with Crippen molar-refractivity contribution in [1.82, 2.24) is 0 Å². The van der Waals surface area contributed by atoms with Gasteiger partial charge in [0.15, 0.2) is 5.41 Å². The molecule has 0 aliphatic carbocycles. The van der Waals surface area contributed by atoms with Gasteiger partial charge in [0, 0.05) is 0 Å². The van der Waals surface area contributed by atoms with Gasteiger partial charge >= 0.3 is 49.7 Å². The van der Waals surface area contributed by atoms with Crippen molar-refractivity contribution in [3.8, 4) is 0 Å². The van der Waals surface area contributed by atoms with Gasteiger partial charge in [-0.05, 0) is 19.3 Å². The number of unbranched alkanes of at least 4 members (excludes halogenated alkanes) is 2. The van der Waals surface area contributed by atoms with E-state index < -0.39 is 17.4 Å². The monoisotopic (exact) mass is 272 g/mol. The fraction of sp³-hybridized carbons (Fsp3) is 0.833. The quantitative estimate of drug-likeness (QED) is 0.402. The molecule has 0 aromatic heterocycles. The van der Waals surface area contributed by atoms with Gasteiger partial charge in [0.25, 0.3) is 0 Å².